The summed E-state index contributed by atoms with van der Waals surface area (Å²) in [7, 11) is 1.69. The van der Waals surface area contributed by atoms with Crippen LogP contribution >= 0.6 is 0 Å². The van der Waals surface area contributed by atoms with Gasteiger partial charge in [0.05, 0.1) is 17.1 Å². The molecule has 5 rings (SSSR count). The summed E-state index contributed by atoms with van der Waals surface area (Å²) in [6, 6.07) is 2.53. The molecule has 28 heavy (non-hydrogen) atoms. The first-order chi connectivity index (χ1) is 13.4. The first kappa shape index (κ1) is 17.5. The standard InChI is InChI=1S/C19H22FN5O3/c1-10-9-24(17(26)11-5-14-15(6-13(11)20)22-23-21-14)3-4-25(10)18(27)19-7-12(19)16(8-19)28-2/h5-6,10,12,16H,3-4,7-9H2,1-2H3,(H,21,22,23)/t10-,12-,16+,19-/m0/s1. The van der Waals surface area contributed by atoms with Crippen LogP contribution in [-0.4, -0.2) is 75.9 Å². The highest BCUT2D eigenvalue weighted by molar-refractivity contribution is 5.98. The topological polar surface area (TPSA) is 91.4 Å². The zero-order chi connectivity index (χ0) is 19.6. The number of rotatable bonds is 3. The summed E-state index contributed by atoms with van der Waals surface area (Å²) in [6.45, 7) is 3.18. The maximum atomic E-state index is 14.4. The summed E-state index contributed by atoms with van der Waals surface area (Å²) >= 11 is 0. The summed E-state index contributed by atoms with van der Waals surface area (Å²) in [4.78, 5) is 29.4. The van der Waals surface area contributed by atoms with Gasteiger partial charge >= 0.3 is 0 Å². The molecule has 3 aliphatic rings. The molecular weight excluding hydrogens is 365 g/mol. The van der Waals surface area contributed by atoms with Crippen LogP contribution in [0.2, 0.25) is 0 Å². The van der Waals surface area contributed by atoms with Crippen LogP contribution in [0.3, 0.4) is 0 Å². The van der Waals surface area contributed by atoms with E-state index in [2.05, 4.69) is 15.4 Å². The third-order valence-electron chi connectivity index (χ3n) is 6.69. The van der Waals surface area contributed by atoms with Crippen molar-refractivity contribution in [3.63, 3.8) is 0 Å². The smallest absolute Gasteiger partial charge is 0.257 e. The molecule has 1 aromatic heterocycles. The van der Waals surface area contributed by atoms with Crippen LogP contribution in [0.15, 0.2) is 12.1 Å². The van der Waals surface area contributed by atoms with E-state index in [1.807, 2.05) is 11.8 Å². The van der Waals surface area contributed by atoms with Crippen LogP contribution in [0.25, 0.3) is 11.0 Å². The molecule has 1 N–H and O–H groups in total. The van der Waals surface area contributed by atoms with Gasteiger partial charge in [0.2, 0.25) is 5.91 Å². The van der Waals surface area contributed by atoms with Crippen molar-refractivity contribution in [1.29, 1.82) is 0 Å². The van der Waals surface area contributed by atoms with E-state index in [0.29, 0.717) is 36.6 Å². The predicted octanol–water partition coefficient (Wildman–Crippen LogP) is 1.19. The Labute approximate surface area is 161 Å². The molecule has 4 atom stereocenters. The van der Waals surface area contributed by atoms with Crippen LogP contribution in [0, 0.1) is 17.2 Å². The van der Waals surface area contributed by atoms with Gasteiger partial charge in [0.1, 0.15) is 16.9 Å². The Morgan fingerprint density at radius 1 is 1.25 bits per heavy atom. The number of carbonyl (C=O) groups is 2. The van der Waals surface area contributed by atoms with Gasteiger partial charge in [0, 0.05) is 44.8 Å². The molecule has 0 spiro atoms. The number of piperazine rings is 1. The van der Waals surface area contributed by atoms with E-state index < -0.39 is 5.82 Å². The van der Waals surface area contributed by atoms with E-state index in [1.54, 1.807) is 12.0 Å². The Hall–Kier alpha value is -2.55. The van der Waals surface area contributed by atoms with Crippen molar-refractivity contribution in [3.8, 4) is 0 Å². The van der Waals surface area contributed by atoms with Crippen LogP contribution < -0.4 is 0 Å². The van der Waals surface area contributed by atoms with Crippen molar-refractivity contribution in [2.24, 2.45) is 11.3 Å². The van der Waals surface area contributed by atoms with Gasteiger partial charge in [-0.15, -0.1) is 0 Å². The molecule has 148 valence electrons. The highest BCUT2D eigenvalue weighted by atomic mass is 19.1. The average Bonchev–Trinajstić information content (AvgIpc) is 3.04. The maximum absolute atomic E-state index is 14.4. The molecule has 1 aromatic carbocycles. The number of methoxy groups -OCH3 is 1. The lowest BCUT2D eigenvalue weighted by Crippen LogP contribution is -2.58. The van der Waals surface area contributed by atoms with Gasteiger partial charge in [-0.3, -0.25) is 9.59 Å². The number of benzene rings is 1. The van der Waals surface area contributed by atoms with E-state index >= 15 is 0 Å². The Morgan fingerprint density at radius 3 is 2.68 bits per heavy atom. The summed E-state index contributed by atoms with van der Waals surface area (Å²) in [5, 5.41) is 10.2. The molecule has 9 heteroatoms. The fourth-order valence-electron chi connectivity index (χ4n) is 4.90. The van der Waals surface area contributed by atoms with E-state index in [4.69, 9.17) is 4.74 Å². The maximum Gasteiger partial charge on any atom is 0.257 e. The Morgan fingerprint density at radius 2 is 2.00 bits per heavy atom. The number of hydrogen-bond acceptors (Lipinski definition) is 5. The third-order valence-corrected chi connectivity index (χ3v) is 6.69. The first-order valence-corrected chi connectivity index (χ1v) is 9.58. The largest absolute Gasteiger partial charge is 0.381 e. The molecule has 0 radical (unpaired) electrons. The number of aromatic nitrogens is 3. The number of H-pyrrole nitrogens is 1. The Balaban J connectivity index is 1.28. The average molecular weight is 387 g/mol. The number of amides is 2. The summed E-state index contributed by atoms with van der Waals surface area (Å²) in [5.74, 6) is -0.468. The van der Waals surface area contributed by atoms with Crippen LogP contribution in [0.1, 0.15) is 30.1 Å². The number of nitrogens with zero attached hydrogens (tertiary/aromatic N) is 4. The Kier molecular flexibility index (Phi) is 3.74. The Bertz CT molecular complexity index is 978. The van der Waals surface area contributed by atoms with Gasteiger partial charge in [0.15, 0.2) is 0 Å². The van der Waals surface area contributed by atoms with E-state index in [9.17, 15) is 14.0 Å². The van der Waals surface area contributed by atoms with Crippen LogP contribution in [0.4, 0.5) is 4.39 Å². The molecule has 2 amide bonds. The first-order valence-electron chi connectivity index (χ1n) is 9.58. The lowest BCUT2D eigenvalue weighted by atomic mass is 9.80. The number of carbonyl (C=O) groups excluding carboxylic acids is 2. The van der Waals surface area contributed by atoms with Crippen molar-refractivity contribution in [1.82, 2.24) is 25.2 Å². The minimum atomic E-state index is -0.614. The normalized spacial score (nSPS) is 31.5. The second-order valence-corrected chi connectivity index (χ2v) is 8.19. The summed E-state index contributed by atoms with van der Waals surface area (Å²) in [6.07, 6.45) is 1.90. The number of hydrogen-bond donors (Lipinski definition) is 1. The molecule has 2 heterocycles. The fraction of sp³-hybridized carbons (Fsp3) is 0.579. The lowest BCUT2D eigenvalue weighted by molar-refractivity contribution is -0.149. The quantitative estimate of drug-likeness (QED) is 0.854. The van der Waals surface area contributed by atoms with Crippen molar-refractivity contribution in [2.75, 3.05) is 26.7 Å². The van der Waals surface area contributed by atoms with Gasteiger partial charge in [-0.25, -0.2) is 4.39 Å². The number of ether oxygens (including phenoxy) is 1. The zero-order valence-electron chi connectivity index (χ0n) is 15.8. The molecule has 0 bridgehead atoms. The van der Waals surface area contributed by atoms with Crippen LogP contribution in [-0.2, 0) is 9.53 Å². The monoisotopic (exact) mass is 387 g/mol. The molecular formula is C19H22FN5O3. The highest BCUT2D eigenvalue weighted by Crippen LogP contribution is 2.69. The van der Waals surface area contributed by atoms with Gasteiger partial charge in [-0.05, 0) is 25.8 Å². The summed E-state index contributed by atoms with van der Waals surface area (Å²) in [5.41, 5.74) is 0.579. The fourth-order valence-corrected chi connectivity index (χ4v) is 4.90. The van der Waals surface area contributed by atoms with Crippen molar-refractivity contribution in [3.05, 3.63) is 23.5 Å². The van der Waals surface area contributed by atoms with Gasteiger partial charge in [0.25, 0.3) is 5.91 Å². The zero-order valence-corrected chi connectivity index (χ0v) is 15.8. The minimum Gasteiger partial charge on any atom is -0.381 e. The molecule has 1 saturated heterocycles. The SMILES string of the molecule is CO[C@@H]1C[C@@]2(C(=O)N3CCN(C(=O)c4cc5n[nH]nc5cc4F)C[C@@H]3C)C[C@@H]12. The van der Waals surface area contributed by atoms with E-state index in [-0.39, 0.29) is 34.9 Å². The third kappa shape index (κ3) is 2.38. The van der Waals surface area contributed by atoms with Gasteiger partial charge in [-0.1, -0.05) is 0 Å². The lowest BCUT2D eigenvalue weighted by Gasteiger charge is -2.44. The second-order valence-electron chi connectivity index (χ2n) is 8.19. The van der Waals surface area contributed by atoms with E-state index in [1.165, 1.54) is 12.1 Å². The number of halogens is 1. The molecule has 1 aliphatic heterocycles. The number of fused-ring (bicyclic) bond motifs is 2. The number of aromatic amines is 1. The highest BCUT2D eigenvalue weighted by Gasteiger charge is 2.72. The minimum absolute atomic E-state index is 0.0174. The number of nitrogens with one attached hydrogen (secondary N) is 1. The summed E-state index contributed by atoms with van der Waals surface area (Å²) < 4.78 is 19.8. The second kappa shape index (κ2) is 5.97. The molecule has 0 unspecified atom stereocenters. The van der Waals surface area contributed by atoms with Crippen LogP contribution in [0.5, 0.6) is 0 Å². The van der Waals surface area contributed by atoms with Crippen molar-refractivity contribution < 1.29 is 18.7 Å². The molecule has 2 saturated carbocycles. The molecule has 3 fully saturated rings. The van der Waals surface area contributed by atoms with Crippen molar-refractivity contribution in [2.45, 2.75) is 31.9 Å². The molecule has 8 nitrogen and oxygen atoms in total. The van der Waals surface area contributed by atoms with E-state index in [0.717, 1.165) is 12.8 Å². The predicted molar refractivity (Wildman–Crippen MR) is 96.9 cm³/mol. The molecule has 2 aliphatic carbocycles. The van der Waals surface area contributed by atoms with Gasteiger partial charge < -0.3 is 14.5 Å². The van der Waals surface area contributed by atoms with Crippen molar-refractivity contribution >= 4 is 22.8 Å². The van der Waals surface area contributed by atoms with Gasteiger partial charge in [-0.2, -0.15) is 15.4 Å². The molecule has 2 aromatic rings.